The van der Waals surface area contributed by atoms with Crippen molar-refractivity contribution in [2.75, 3.05) is 6.61 Å². The van der Waals surface area contributed by atoms with Crippen molar-refractivity contribution in [1.29, 1.82) is 0 Å². The molecular formula is C16H19N3O3. The van der Waals surface area contributed by atoms with E-state index in [2.05, 4.69) is 5.43 Å². The highest BCUT2D eigenvalue weighted by Gasteiger charge is 2.20. The number of carbonyl (C=O) groups excluding carboxylic acids is 2. The summed E-state index contributed by atoms with van der Waals surface area (Å²) in [7, 11) is 0. The van der Waals surface area contributed by atoms with Gasteiger partial charge in [0.15, 0.2) is 0 Å². The van der Waals surface area contributed by atoms with Gasteiger partial charge in [0.2, 0.25) is 0 Å². The third kappa shape index (κ3) is 3.17. The van der Waals surface area contributed by atoms with Crippen molar-refractivity contribution in [3.8, 4) is 11.3 Å². The number of hydrogen-bond donors (Lipinski definition) is 2. The van der Waals surface area contributed by atoms with Crippen LogP contribution in [0.2, 0.25) is 0 Å². The fourth-order valence-electron chi connectivity index (χ4n) is 2.30. The first kappa shape index (κ1) is 15.8. The predicted octanol–water partition coefficient (Wildman–Crippen LogP) is 1.63. The first-order valence-corrected chi connectivity index (χ1v) is 7.00. The summed E-state index contributed by atoms with van der Waals surface area (Å²) >= 11 is 0. The summed E-state index contributed by atoms with van der Waals surface area (Å²) in [6.07, 6.45) is 0. The van der Waals surface area contributed by atoms with Gasteiger partial charge in [-0.3, -0.25) is 10.2 Å². The number of carbonyl (C=O) groups is 2. The van der Waals surface area contributed by atoms with Crippen molar-refractivity contribution in [2.24, 2.45) is 5.84 Å². The summed E-state index contributed by atoms with van der Waals surface area (Å²) in [5, 5.41) is 0. The highest BCUT2D eigenvalue weighted by atomic mass is 16.5. The number of hydrogen-bond acceptors (Lipinski definition) is 4. The minimum absolute atomic E-state index is 0.0337. The molecule has 1 heterocycles. The predicted molar refractivity (Wildman–Crippen MR) is 82.9 cm³/mol. The number of nitrogens with two attached hydrogens (primary N) is 1. The van der Waals surface area contributed by atoms with E-state index < -0.39 is 5.97 Å². The number of hydrazine groups is 1. The molecule has 0 aliphatic heterocycles. The van der Waals surface area contributed by atoms with Gasteiger partial charge in [-0.15, -0.1) is 0 Å². The molecule has 22 heavy (non-hydrogen) atoms. The van der Waals surface area contributed by atoms with Crippen molar-refractivity contribution in [2.45, 2.75) is 20.4 Å². The van der Waals surface area contributed by atoms with Gasteiger partial charge in [0.05, 0.1) is 12.2 Å². The van der Waals surface area contributed by atoms with Crippen LogP contribution in [0.5, 0.6) is 0 Å². The molecule has 2 aromatic rings. The quantitative estimate of drug-likeness (QED) is 0.380. The van der Waals surface area contributed by atoms with E-state index in [0.717, 1.165) is 11.3 Å². The third-order valence-corrected chi connectivity index (χ3v) is 3.39. The average Bonchev–Trinajstić information content (AvgIpc) is 2.85. The van der Waals surface area contributed by atoms with Gasteiger partial charge in [-0.1, -0.05) is 30.3 Å². The van der Waals surface area contributed by atoms with Gasteiger partial charge in [-0.2, -0.15) is 0 Å². The first-order valence-electron chi connectivity index (χ1n) is 7.00. The lowest BCUT2D eigenvalue weighted by Gasteiger charge is -2.11. The molecule has 1 aromatic carbocycles. The minimum atomic E-state index is -0.399. The summed E-state index contributed by atoms with van der Waals surface area (Å²) in [4.78, 5) is 23.7. The van der Waals surface area contributed by atoms with E-state index in [-0.39, 0.29) is 12.5 Å². The zero-order valence-corrected chi connectivity index (χ0v) is 12.6. The van der Waals surface area contributed by atoms with Crippen molar-refractivity contribution >= 4 is 11.9 Å². The Kier molecular flexibility index (Phi) is 4.95. The van der Waals surface area contributed by atoms with E-state index in [4.69, 9.17) is 10.6 Å². The Hall–Kier alpha value is -2.60. The zero-order valence-electron chi connectivity index (χ0n) is 12.6. The van der Waals surface area contributed by atoms with E-state index in [9.17, 15) is 9.59 Å². The SMILES string of the molecule is CCOC(=O)c1cc(-c2ccccc2)n(CC(=O)NN)c1C. The number of rotatable bonds is 5. The van der Waals surface area contributed by atoms with Gasteiger partial charge in [-0.05, 0) is 25.5 Å². The Balaban J connectivity index is 2.52. The number of aromatic nitrogens is 1. The summed E-state index contributed by atoms with van der Waals surface area (Å²) in [6.45, 7) is 3.87. The van der Waals surface area contributed by atoms with Gasteiger partial charge in [0.25, 0.3) is 5.91 Å². The normalized spacial score (nSPS) is 10.3. The molecule has 0 bridgehead atoms. The molecule has 0 atom stereocenters. The van der Waals surface area contributed by atoms with Crippen molar-refractivity contribution in [3.05, 3.63) is 47.7 Å². The maximum atomic E-state index is 12.1. The second-order valence-corrected chi connectivity index (χ2v) is 4.77. The Labute approximate surface area is 128 Å². The maximum Gasteiger partial charge on any atom is 0.339 e. The lowest BCUT2D eigenvalue weighted by atomic mass is 10.1. The zero-order chi connectivity index (χ0) is 16.1. The minimum Gasteiger partial charge on any atom is -0.462 e. The molecule has 1 amide bonds. The smallest absolute Gasteiger partial charge is 0.339 e. The third-order valence-electron chi connectivity index (χ3n) is 3.39. The maximum absolute atomic E-state index is 12.1. The van der Waals surface area contributed by atoms with Crippen LogP contribution in [0.25, 0.3) is 11.3 Å². The van der Waals surface area contributed by atoms with Gasteiger partial charge < -0.3 is 9.30 Å². The Morgan fingerprint density at radius 1 is 1.27 bits per heavy atom. The molecule has 116 valence electrons. The van der Waals surface area contributed by atoms with Crippen molar-refractivity contribution < 1.29 is 14.3 Å². The molecule has 0 spiro atoms. The second kappa shape index (κ2) is 6.91. The first-order chi connectivity index (χ1) is 10.6. The second-order valence-electron chi connectivity index (χ2n) is 4.77. The molecule has 3 N–H and O–H groups in total. The van der Waals surface area contributed by atoms with E-state index in [1.54, 1.807) is 24.5 Å². The van der Waals surface area contributed by atoms with Crippen molar-refractivity contribution in [3.63, 3.8) is 0 Å². The number of amides is 1. The number of nitrogens with one attached hydrogen (secondary N) is 1. The largest absolute Gasteiger partial charge is 0.462 e. The van der Waals surface area contributed by atoms with E-state index in [0.29, 0.717) is 17.9 Å². The molecule has 0 aliphatic rings. The van der Waals surface area contributed by atoms with Crippen LogP contribution in [0.1, 0.15) is 23.0 Å². The van der Waals surface area contributed by atoms with Gasteiger partial charge in [-0.25, -0.2) is 10.6 Å². The Bertz CT molecular complexity index is 677. The number of ether oxygens (including phenoxy) is 1. The molecule has 2 rings (SSSR count). The lowest BCUT2D eigenvalue weighted by Crippen LogP contribution is -2.33. The van der Waals surface area contributed by atoms with Crippen LogP contribution in [0.3, 0.4) is 0 Å². The summed E-state index contributed by atoms with van der Waals surface area (Å²) in [5.74, 6) is 4.43. The molecule has 0 fully saturated rings. The van der Waals surface area contributed by atoms with Crippen LogP contribution in [0.4, 0.5) is 0 Å². The van der Waals surface area contributed by atoms with E-state index >= 15 is 0 Å². The molecular weight excluding hydrogens is 282 g/mol. The average molecular weight is 301 g/mol. The lowest BCUT2D eigenvalue weighted by molar-refractivity contribution is -0.121. The summed E-state index contributed by atoms with van der Waals surface area (Å²) < 4.78 is 6.82. The monoisotopic (exact) mass is 301 g/mol. The van der Waals surface area contributed by atoms with Crippen molar-refractivity contribution in [1.82, 2.24) is 9.99 Å². The standard InChI is InChI=1S/C16H19N3O3/c1-3-22-16(21)13-9-14(12-7-5-4-6-8-12)19(11(13)2)10-15(20)18-17/h4-9H,3,10,17H2,1-2H3,(H,18,20). The molecule has 0 saturated heterocycles. The number of esters is 1. The molecule has 0 aliphatic carbocycles. The highest BCUT2D eigenvalue weighted by Crippen LogP contribution is 2.26. The number of benzene rings is 1. The van der Waals surface area contributed by atoms with Crippen LogP contribution in [0.15, 0.2) is 36.4 Å². The summed E-state index contributed by atoms with van der Waals surface area (Å²) in [6, 6.07) is 11.3. The number of nitrogens with zero attached hydrogens (tertiary/aromatic N) is 1. The fraction of sp³-hybridized carbons (Fsp3) is 0.250. The highest BCUT2D eigenvalue weighted by molar-refractivity contribution is 5.93. The fourth-order valence-corrected chi connectivity index (χ4v) is 2.30. The Morgan fingerprint density at radius 2 is 1.95 bits per heavy atom. The molecule has 6 nitrogen and oxygen atoms in total. The van der Waals surface area contributed by atoms with E-state index in [1.807, 2.05) is 30.3 Å². The Morgan fingerprint density at radius 3 is 2.55 bits per heavy atom. The molecule has 0 radical (unpaired) electrons. The van der Waals surface area contributed by atoms with Crippen LogP contribution in [0, 0.1) is 6.92 Å². The van der Waals surface area contributed by atoms with Crippen LogP contribution in [-0.4, -0.2) is 23.1 Å². The topological polar surface area (TPSA) is 86.3 Å². The van der Waals surface area contributed by atoms with Crippen LogP contribution in [-0.2, 0) is 16.1 Å². The van der Waals surface area contributed by atoms with Gasteiger partial charge in [0.1, 0.15) is 6.54 Å². The van der Waals surface area contributed by atoms with Crippen LogP contribution < -0.4 is 11.3 Å². The van der Waals surface area contributed by atoms with Gasteiger partial charge in [0, 0.05) is 11.4 Å². The van der Waals surface area contributed by atoms with Gasteiger partial charge >= 0.3 is 5.97 Å². The summed E-state index contributed by atoms with van der Waals surface area (Å²) in [5.41, 5.74) is 4.90. The van der Waals surface area contributed by atoms with Crippen LogP contribution >= 0.6 is 0 Å². The molecule has 0 unspecified atom stereocenters. The molecule has 1 aromatic heterocycles. The van der Waals surface area contributed by atoms with E-state index in [1.165, 1.54) is 0 Å². The molecule has 6 heteroatoms. The molecule has 0 saturated carbocycles.